The third kappa shape index (κ3) is 9.67. The molecule has 0 aliphatic rings. The molecule has 1 unspecified atom stereocenters. The number of rotatable bonds is 10. The molecule has 0 spiro atoms. The Morgan fingerprint density at radius 3 is 2.56 bits per heavy atom. The second-order valence-corrected chi connectivity index (χ2v) is 6.54. The molecule has 7 heteroatoms. The monoisotopic (exact) mass is 298 g/mol. The van der Waals surface area contributed by atoms with Crippen LogP contribution in [0.4, 0.5) is 0 Å². The summed E-state index contributed by atoms with van der Waals surface area (Å²) in [5, 5.41) is 2.78. The van der Waals surface area contributed by atoms with E-state index in [0.717, 1.165) is 6.42 Å². The summed E-state index contributed by atoms with van der Waals surface area (Å²) in [5.41, 5.74) is 0. The van der Waals surface area contributed by atoms with Gasteiger partial charge in [-0.3, -0.25) is 4.79 Å². The third-order valence-electron chi connectivity index (χ3n) is 2.49. The molecule has 0 rings (SSSR count). The van der Waals surface area contributed by atoms with Gasteiger partial charge >= 0.3 is 0 Å². The normalized spacial score (nSPS) is 13.3. The third-order valence-corrected chi connectivity index (χ3v) is 4.23. The average Bonchev–Trinajstić information content (AvgIpc) is 2.28. The smallest absolute Gasteiger partial charge is 0.221 e. The van der Waals surface area contributed by atoms with Crippen LogP contribution < -0.4 is 10.0 Å². The van der Waals surface area contributed by atoms with E-state index in [9.17, 15) is 13.2 Å². The SMILES string of the molecule is CCC(C)NC(=O)CCNS(=O)(=O)CCCCCl. The van der Waals surface area contributed by atoms with Gasteiger partial charge in [0, 0.05) is 24.9 Å². The molecule has 0 fully saturated rings. The predicted octanol–water partition coefficient (Wildman–Crippen LogP) is 1.23. The highest BCUT2D eigenvalue weighted by Gasteiger charge is 2.11. The van der Waals surface area contributed by atoms with E-state index in [1.54, 1.807) is 0 Å². The first kappa shape index (κ1) is 17.7. The van der Waals surface area contributed by atoms with Gasteiger partial charge in [-0.2, -0.15) is 0 Å². The van der Waals surface area contributed by atoms with E-state index in [1.165, 1.54) is 0 Å². The number of unbranched alkanes of at least 4 members (excludes halogenated alkanes) is 1. The number of carbonyl (C=O) groups is 1. The van der Waals surface area contributed by atoms with Crippen LogP contribution in [0.2, 0.25) is 0 Å². The Morgan fingerprint density at radius 2 is 2.00 bits per heavy atom. The zero-order valence-corrected chi connectivity index (χ0v) is 12.6. The van der Waals surface area contributed by atoms with Crippen LogP contribution in [0.3, 0.4) is 0 Å². The van der Waals surface area contributed by atoms with E-state index in [4.69, 9.17) is 11.6 Å². The molecule has 1 amide bonds. The summed E-state index contributed by atoms with van der Waals surface area (Å²) in [6, 6.07) is 0.123. The first-order valence-electron chi connectivity index (χ1n) is 6.24. The number of halogens is 1. The van der Waals surface area contributed by atoms with Crippen molar-refractivity contribution in [2.75, 3.05) is 18.2 Å². The maximum absolute atomic E-state index is 11.5. The topological polar surface area (TPSA) is 75.3 Å². The number of hydrogen-bond acceptors (Lipinski definition) is 3. The van der Waals surface area contributed by atoms with Gasteiger partial charge < -0.3 is 5.32 Å². The van der Waals surface area contributed by atoms with Crippen molar-refractivity contribution in [2.24, 2.45) is 0 Å². The fourth-order valence-electron chi connectivity index (χ4n) is 1.23. The first-order valence-corrected chi connectivity index (χ1v) is 8.42. The van der Waals surface area contributed by atoms with E-state index in [0.29, 0.717) is 18.7 Å². The highest BCUT2D eigenvalue weighted by molar-refractivity contribution is 7.89. The van der Waals surface area contributed by atoms with Crippen molar-refractivity contribution in [3.05, 3.63) is 0 Å². The number of sulfonamides is 1. The second-order valence-electron chi connectivity index (χ2n) is 4.24. The summed E-state index contributed by atoms with van der Waals surface area (Å²) in [6.45, 7) is 4.03. The van der Waals surface area contributed by atoms with Gasteiger partial charge in [0.2, 0.25) is 15.9 Å². The Labute approximate surface area is 115 Å². The van der Waals surface area contributed by atoms with E-state index in [2.05, 4.69) is 10.0 Å². The summed E-state index contributed by atoms with van der Waals surface area (Å²) in [7, 11) is -3.27. The fourth-order valence-corrected chi connectivity index (χ4v) is 2.56. The van der Waals surface area contributed by atoms with Crippen molar-refractivity contribution in [1.82, 2.24) is 10.0 Å². The van der Waals surface area contributed by atoms with E-state index >= 15 is 0 Å². The van der Waals surface area contributed by atoms with E-state index in [1.807, 2.05) is 13.8 Å². The predicted molar refractivity (Wildman–Crippen MR) is 74.3 cm³/mol. The molecule has 0 aromatic rings. The summed E-state index contributed by atoms with van der Waals surface area (Å²) < 4.78 is 25.4. The van der Waals surface area contributed by atoms with Gasteiger partial charge in [0.1, 0.15) is 0 Å². The summed E-state index contributed by atoms with van der Waals surface area (Å²) in [5.74, 6) is 0.396. The van der Waals surface area contributed by atoms with Gasteiger partial charge in [-0.1, -0.05) is 6.92 Å². The molecular formula is C11H23ClN2O3S. The van der Waals surface area contributed by atoms with Crippen LogP contribution >= 0.6 is 11.6 Å². The minimum Gasteiger partial charge on any atom is -0.354 e. The lowest BCUT2D eigenvalue weighted by Crippen LogP contribution is -2.35. The molecule has 108 valence electrons. The van der Waals surface area contributed by atoms with Gasteiger partial charge in [0.15, 0.2) is 0 Å². The zero-order chi connectivity index (χ0) is 14.0. The van der Waals surface area contributed by atoms with E-state index < -0.39 is 10.0 Å². The Balaban J connectivity index is 3.78. The zero-order valence-electron chi connectivity index (χ0n) is 11.0. The number of hydrogen-bond donors (Lipinski definition) is 2. The van der Waals surface area contributed by atoms with Crippen molar-refractivity contribution >= 4 is 27.5 Å². The minimum absolute atomic E-state index is 0.0622. The Kier molecular flexibility index (Phi) is 9.40. The Bertz CT molecular complexity index is 333. The number of amides is 1. The maximum Gasteiger partial charge on any atom is 0.221 e. The molecule has 0 saturated carbocycles. The molecule has 0 aromatic carbocycles. The van der Waals surface area contributed by atoms with Crippen LogP contribution in [0.1, 0.15) is 39.5 Å². The van der Waals surface area contributed by atoms with Crippen molar-refractivity contribution in [2.45, 2.75) is 45.6 Å². The lowest BCUT2D eigenvalue weighted by atomic mass is 10.2. The van der Waals surface area contributed by atoms with Crippen LogP contribution in [0, 0.1) is 0 Å². The fraction of sp³-hybridized carbons (Fsp3) is 0.909. The first-order chi connectivity index (χ1) is 8.41. The molecular weight excluding hydrogens is 276 g/mol. The number of nitrogens with one attached hydrogen (secondary N) is 2. The van der Waals surface area contributed by atoms with Gasteiger partial charge in [-0.15, -0.1) is 11.6 Å². The van der Waals surface area contributed by atoms with Crippen molar-refractivity contribution in [3.63, 3.8) is 0 Å². The number of carbonyl (C=O) groups excluding carboxylic acids is 1. The van der Waals surface area contributed by atoms with Gasteiger partial charge in [0.05, 0.1) is 5.75 Å². The lowest BCUT2D eigenvalue weighted by molar-refractivity contribution is -0.121. The summed E-state index contributed by atoms with van der Waals surface area (Å²) >= 11 is 5.47. The average molecular weight is 299 g/mol. The molecule has 0 aromatic heterocycles. The standard InChI is InChI=1S/C11H23ClN2O3S/c1-3-10(2)14-11(15)6-8-13-18(16,17)9-5-4-7-12/h10,13H,3-9H2,1-2H3,(H,14,15). The van der Waals surface area contributed by atoms with Crippen LogP contribution in [-0.4, -0.2) is 38.5 Å². The number of alkyl halides is 1. The molecule has 1 atom stereocenters. The minimum atomic E-state index is -3.27. The molecule has 18 heavy (non-hydrogen) atoms. The van der Waals surface area contributed by atoms with Crippen LogP contribution in [0.25, 0.3) is 0 Å². The van der Waals surface area contributed by atoms with Gasteiger partial charge in [-0.05, 0) is 26.2 Å². The summed E-state index contributed by atoms with van der Waals surface area (Å²) in [4.78, 5) is 11.4. The van der Waals surface area contributed by atoms with Gasteiger partial charge in [-0.25, -0.2) is 13.1 Å². The molecule has 0 aliphatic heterocycles. The van der Waals surface area contributed by atoms with Crippen molar-refractivity contribution in [1.29, 1.82) is 0 Å². The summed E-state index contributed by atoms with van der Waals surface area (Å²) in [6.07, 6.45) is 2.24. The second kappa shape index (κ2) is 9.58. The van der Waals surface area contributed by atoms with Gasteiger partial charge in [0.25, 0.3) is 0 Å². The van der Waals surface area contributed by atoms with Crippen LogP contribution in [0.15, 0.2) is 0 Å². The molecule has 0 aliphatic carbocycles. The quantitative estimate of drug-likeness (QED) is 0.470. The molecule has 0 saturated heterocycles. The molecule has 0 radical (unpaired) electrons. The highest BCUT2D eigenvalue weighted by Crippen LogP contribution is 1.96. The van der Waals surface area contributed by atoms with E-state index in [-0.39, 0.29) is 30.7 Å². The molecule has 0 heterocycles. The Hall–Kier alpha value is -0.330. The highest BCUT2D eigenvalue weighted by atomic mass is 35.5. The van der Waals surface area contributed by atoms with Crippen molar-refractivity contribution in [3.8, 4) is 0 Å². The molecule has 5 nitrogen and oxygen atoms in total. The molecule has 0 bridgehead atoms. The lowest BCUT2D eigenvalue weighted by Gasteiger charge is -2.11. The van der Waals surface area contributed by atoms with Crippen LogP contribution in [-0.2, 0) is 14.8 Å². The molecule has 2 N–H and O–H groups in total. The van der Waals surface area contributed by atoms with Crippen LogP contribution in [0.5, 0.6) is 0 Å². The Morgan fingerprint density at radius 1 is 1.33 bits per heavy atom. The maximum atomic E-state index is 11.5. The van der Waals surface area contributed by atoms with Crippen molar-refractivity contribution < 1.29 is 13.2 Å². The largest absolute Gasteiger partial charge is 0.354 e.